The van der Waals surface area contributed by atoms with E-state index in [1.807, 2.05) is 0 Å². The molecule has 1 aromatic carbocycles. The first-order chi connectivity index (χ1) is 15.0. The van der Waals surface area contributed by atoms with Crippen LogP contribution in [0.15, 0.2) is 22.1 Å². The van der Waals surface area contributed by atoms with Gasteiger partial charge < -0.3 is 18.9 Å². The van der Waals surface area contributed by atoms with Crippen molar-refractivity contribution in [3.63, 3.8) is 0 Å². The molecule has 32 heavy (non-hydrogen) atoms. The minimum Gasteiger partial charge on any atom is -0.463 e. The molecule has 174 valence electrons. The number of benzene rings is 1. The monoisotopic (exact) mass is 509 g/mol. The maximum Gasteiger partial charge on any atom is 0.303 e. The van der Waals surface area contributed by atoms with Crippen LogP contribution in [0.3, 0.4) is 0 Å². The lowest BCUT2D eigenvalue weighted by atomic mass is 9.97. The smallest absolute Gasteiger partial charge is 0.303 e. The molecule has 0 unspecified atom stereocenters. The van der Waals surface area contributed by atoms with Gasteiger partial charge in [-0.25, -0.2) is 4.39 Å². The van der Waals surface area contributed by atoms with Crippen LogP contribution in [-0.4, -0.2) is 54.3 Å². The standard InChI is InChI=1S/C18H18Cl2FN3O7S/c1-7(25)28-6-13-16(29-8(2)26)15(23-24-22)17(30-9(3)27)18(31-13)32-14-5-11(20)10(19)4-12(14)21/h4-5,13,15-18H,6H2,1-3H3/t13-,15+,16+,17-,18-/m1/s1. The van der Waals surface area contributed by atoms with Gasteiger partial charge >= 0.3 is 17.9 Å². The molecule has 14 heteroatoms. The molecule has 1 aromatic rings. The number of esters is 3. The third-order valence-corrected chi connectivity index (χ3v) is 5.98. The number of hydrogen-bond donors (Lipinski definition) is 0. The first-order valence-electron chi connectivity index (χ1n) is 9.02. The summed E-state index contributed by atoms with van der Waals surface area (Å²) in [5.74, 6) is -2.87. The first kappa shape index (κ1) is 26.0. The number of azide groups is 1. The van der Waals surface area contributed by atoms with Gasteiger partial charge in [-0.3, -0.25) is 14.4 Å². The minimum absolute atomic E-state index is 0.00147. The Labute approximate surface area is 196 Å². The Morgan fingerprint density at radius 1 is 1.12 bits per heavy atom. The van der Waals surface area contributed by atoms with E-state index in [2.05, 4.69) is 10.0 Å². The Balaban J connectivity index is 2.49. The molecule has 5 atom stereocenters. The van der Waals surface area contributed by atoms with Crippen molar-refractivity contribution in [3.8, 4) is 0 Å². The van der Waals surface area contributed by atoms with E-state index >= 15 is 0 Å². The summed E-state index contributed by atoms with van der Waals surface area (Å²) in [7, 11) is 0. The molecule has 0 amide bonds. The maximum absolute atomic E-state index is 14.5. The van der Waals surface area contributed by atoms with Crippen LogP contribution in [0.5, 0.6) is 0 Å². The van der Waals surface area contributed by atoms with E-state index in [0.29, 0.717) is 0 Å². The van der Waals surface area contributed by atoms with E-state index in [1.165, 1.54) is 6.07 Å². The highest BCUT2D eigenvalue weighted by molar-refractivity contribution is 7.99. The van der Waals surface area contributed by atoms with E-state index < -0.39 is 53.5 Å². The summed E-state index contributed by atoms with van der Waals surface area (Å²) < 4.78 is 35.8. The van der Waals surface area contributed by atoms with E-state index in [9.17, 15) is 18.8 Å². The Morgan fingerprint density at radius 3 is 2.28 bits per heavy atom. The SMILES string of the molecule is CC(=O)OC[C@H]1O[C@H](Sc2cc(Cl)c(Cl)cc2F)[C@H](OC(C)=O)[C@@H](N=[N+]=[N-])[C@H]1OC(C)=O. The van der Waals surface area contributed by atoms with Crippen molar-refractivity contribution in [3.05, 3.63) is 38.4 Å². The molecular weight excluding hydrogens is 492 g/mol. The van der Waals surface area contributed by atoms with Crippen molar-refractivity contribution in [2.45, 2.75) is 55.5 Å². The van der Waals surface area contributed by atoms with Crippen molar-refractivity contribution >= 4 is 52.9 Å². The highest BCUT2D eigenvalue weighted by Gasteiger charge is 2.50. The summed E-state index contributed by atoms with van der Waals surface area (Å²) in [6, 6.07) is 0.976. The van der Waals surface area contributed by atoms with E-state index in [1.54, 1.807) is 0 Å². The number of halogens is 3. The van der Waals surface area contributed by atoms with Crippen molar-refractivity contribution in [1.29, 1.82) is 0 Å². The van der Waals surface area contributed by atoms with Crippen molar-refractivity contribution in [2.24, 2.45) is 5.11 Å². The van der Waals surface area contributed by atoms with Crippen LogP contribution in [0, 0.1) is 5.82 Å². The lowest BCUT2D eigenvalue weighted by Crippen LogP contribution is -2.59. The number of ether oxygens (including phenoxy) is 4. The van der Waals surface area contributed by atoms with Crippen molar-refractivity contribution in [2.75, 3.05) is 6.61 Å². The van der Waals surface area contributed by atoms with Crippen LogP contribution in [0.1, 0.15) is 20.8 Å². The third-order valence-electron chi connectivity index (χ3n) is 4.07. The number of thioether (sulfide) groups is 1. The van der Waals surface area contributed by atoms with E-state index in [4.69, 9.17) is 47.7 Å². The molecule has 1 aliphatic rings. The fourth-order valence-electron chi connectivity index (χ4n) is 2.89. The van der Waals surface area contributed by atoms with Crippen LogP contribution in [0.25, 0.3) is 10.4 Å². The Hall–Kier alpha value is -2.24. The zero-order chi connectivity index (χ0) is 24.0. The molecule has 0 radical (unpaired) electrons. The van der Waals surface area contributed by atoms with E-state index in [0.717, 1.165) is 38.6 Å². The molecule has 0 saturated carbocycles. The summed E-state index contributed by atoms with van der Waals surface area (Å²) in [6.45, 7) is 3.01. The average molecular weight is 510 g/mol. The Kier molecular flexibility index (Phi) is 9.41. The van der Waals surface area contributed by atoms with Crippen molar-refractivity contribution < 1.29 is 37.7 Å². The number of carbonyl (C=O) groups is 3. The number of rotatable bonds is 7. The Morgan fingerprint density at radius 2 is 1.72 bits per heavy atom. The number of nitrogens with zero attached hydrogens (tertiary/aromatic N) is 3. The topological polar surface area (TPSA) is 137 Å². The lowest BCUT2D eigenvalue weighted by Gasteiger charge is -2.43. The number of carbonyl (C=O) groups excluding carboxylic acids is 3. The summed E-state index contributed by atoms with van der Waals surface area (Å²) in [6.07, 6.45) is -3.67. The highest BCUT2D eigenvalue weighted by Crippen LogP contribution is 2.40. The molecule has 2 rings (SSSR count). The largest absolute Gasteiger partial charge is 0.463 e. The molecule has 0 aliphatic carbocycles. The van der Waals surface area contributed by atoms with Gasteiger partial charge in [0.2, 0.25) is 0 Å². The third kappa shape index (κ3) is 6.88. The predicted molar refractivity (Wildman–Crippen MR) is 112 cm³/mol. The van der Waals surface area contributed by atoms with Crippen LogP contribution in [0.2, 0.25) is 10.0 Å². The fourth-order valence-corrected chi connectivity index (χ4v) is 4.42. The second-order valence-electron chi connectivity index (χ2n) is 6.50. The second-order valence-corrected chi connectivity index (χ2v) is 8.46. The molecule has 1 heterocycles. The molecule has 1 aliphatic heterocycles. The average Bonchev–Trinajstić information content (AvgIpc) is 2.68. The van der Waals surface area contributed by atoms with E-state index in [-0.39, 0.29) is 21.5 Å². The maximum atomic E-state index is 14.5. The summed E-state index contributed by atoms with van der Waals surface area (Å²) in [4.78, 5) is 37.4. The predicted octanol–water partition coefficient (Wildman–Crippen LogP) is 4.05. The quantitative estimate of drug-likeness (QED) is 0.134. The number of hydrogen-bond acceptors (Lipinski definition) is 9. The van der Waals surface area contributed by atoms with Gasteiger partial charge in [-0.15, -0.1) is 0 Å². The highest BCUT2D eigenvalue weighted by atomic mass is 35.5. The molecule has 0 aromatic heterocycles. The normalized spacial score (nSPS) is 24.8. The molecule has 10 nitrogen and oxygen atoms in total. The first-order valence-corrected chi connectivity index (χ1v) is 10.7. The zero-order valence-corrected chi connectivity index (χ0v) is 19.3. The summed E-state index contributed by atoms with van der Waals surface area (Å²) in [5.41, 5.74) is 7.91. The van der Waals surface area contributed by atoms with Crippen molar-refractivity contribution in [1.82, 2.24) is 0 Å². The zero-order valence-electron chi connectivity index (χ0n) is 17.0. The van der Waals surface area contributed by atoms with Gasteiger partial charge in [0.15, 0.2) is 0 Å². The van der Waals surface area contributed by atoms with Crippen LogP contribution < -0.4 is 0 Å². The minimum atomic E-state index is -1.29. The van der Waals surface area contributed by atoms with Gasteiger partial charge in [-0.05, 0) is 17.7 Å². The van der Waals surface area contributed by atoms with Gasteiger partial charge in [-0.1, -0.05) is 40.1 Å². The molecular formula is C18H18Cl2FN3O7S. The molecule has 1 fully saturated rings. The molecule has 0 N–H and O–H groups in total. The van der Waals surface area contributed by atoms with Gasteiger partial charge in [-0.2, -0.15) is 0 Å². The van der Waals surface area contributed by atoms with Crippen LogP contribution >= 0.6 is 35.0 Å². The van der Waals surface area contributed by atoms with Crippen LogP contribution in [0.4, 0.5) is 4.39 Å². The lowest BCUT2D eigenvalue weighted by molar-refractivity contribution is -0.201. The fraction of sp³-hybridized carbons (Fsp3) is 0.500. The van der Waals surface area contributed by atoms with Gasteiger partial charge in [0.25, 0.3) is 0 Å². The van der Waals surface area contributed by atoms with Gasteiger partial charge in [0.1, 0.15) is 42.2 Å². The van der Waals surface area contributed by atoms with Crippen LogP contribution in [-0.2, 0) is 33.3 Å². The molecule has 1 saturated heterocycles. The summed E-state index contributed by atoms with van der Waals surface area (Å²) >= 11 is 12.6. The van der Waals surface area contributed by atoms with Gasteiger partial charge in [0, 0.05) is 30.6 Å². The van der Waals surface area contributed by atoms with Gasteiger partial charge in [0.05, 0.1) is 10.0 Å². The molecule has 0 spiro atoms. The Bertz CT molecular complexity index is 947. The summed E-state index contributed by atoms with van der Waals surface area (Å²) in [5, 5.41) is 3.68. The second kappa shape index (κ2) is 11.6. The molecule has 0 bridgehead atoms.